The Kier molecular flexibility index (Phi) is 5.79. The van der Waals surface area contributed by atoms with Gasteiger partial charge in [-0.1, -0.05) is 12.1 Å². The Morgan fingerprint density at radius 2 is 2.10 bits per heavy atom. The fourth-order valence-corrected chi connectivity index (χ4v) is 3.83. The third-order valence-electron chi connectivity index (χ3n) is 3.03. The van der Waals surface area contributed by atoms with E-state index in [0.29, 0.717) is 0 Å². The van der Waals surface area contributed by atoms with Crippen LogP contribution in [0.15, 0.2) is 27.9 Å². The van der Waals surface area contributed by atoms with Crippen molar-refractivity contribution in [2.75, 3.05) is 11.5 Å². The smallest absolute Gasteiger partial charge is 0.292 e. The molecule has 0 bridgehead atoms. The van der Waals surface area contributed by atoms with Crippen molar-refractivity contribution >= 4 is 23.5 Å². The number of nitrogens with zero attached hydrogens (tertiary/aromatic N) is 1. The van der Waals surface area contributed by atoms with Crippen LogP contribution in [0.2, 0.25) is 0 Å². The quantitative estimate of drug-likeness (QED) is 0.609. The van der Waals surface area contributed by atoms with E-state index in [2.05, 4.69) is 47.2 Å². The minimum Gasteiger partial charge on any atom is -0.292 e. The summed E-state index contributed by atoms with van der Waals surface area (Å²) in [5.74, 6) is 3.68. The Balaban J connectivity index is 1.64. The van der Waals surface area contributed by atoms with Gasteiger partial charge in [0.2, 0.25) is 0 Å². The summed E-state index contributed by atoms with van der Waals surface area (Å²) in [5, 5.41) is 6.26. The highest BCUT2D eigenvalue weighted by atomic mass is 32.2. The van der Waals surface area contributed by atoms with Crippen LogP contribution in [0.3, 0.4) is 0 Å². The van der Waals surface area contributed by atoms with Crippen molar-refractivity contribution < 1.29 is 0 Å². The molecule has 0 aliphatic rings. The number of benzene rings is 1. The molecule has 0 aliphatic carbocycles. The van der Waals surface area contributed by atoms with E-state index in [9.17, 15) is 4.79 Å². The van der Waals surface area contributed by atoms with Gasteiger partial charge in [-0.05, 0) is 49.0 Å². The van der Waals surface area contributed by atoms with Crippen LogP contribution >= 0.6 is 23.5 Å². The van der Waals surface area contributed by atoms with Crippen LogP contribution in [0.4, 0.5) is 0 Å². The first-order chi connectivity index (χ1) is 9.66. The van der Waals surface area contributed by atoms with Gasteiger partial charge < -0.3 is 0 Å². The van der Waals surface area contributed by atoms with Crippen molar-refractivity contribution in [3.63, 3.8) is 0 Å². The lowest BCUT2D eigenvalue weighted by molar-refractivity contribution is 1.01. The summed E-state index contributed by atoms with van der Waals surface area (Å²) in [6.45, 7) is 4.33. The summed E-state index contributed by atoms with van der Waals surface area (Å²) in [6, 6.07) is 6.46. The highest BCUT2D eigenvalue weighted by Crippen LogP contribution is 2.25. The lowest BCUT2D eigenvalue weighted by Gasteiger charge is -2.07. The zero-order chi connectivity index (χ0) is 14.4. The Hall–Kier alpha value is -1.14. The van der Waals surface area contributed by atoms with E-state index >= 15 is 0 Å². The number of hydrogen-bond donors (Lipinski definition) is 2. The lowest BCUT2D eigenvalue weighted by atomic mass is 10.1. The van der Waals surface area contributed by atoms with Crippen LogP contribution in [0.25, 0.3) is 0 Å². The van der Waals surface area contributed by atoms with Gasteiger partial charge in [0.25, 0.3) is 0 Å². The summed E-state index contributed by atoms with van der Waals surface area (Å²) in [7, 11) is 0. The molecule has 0 aliphatic heterocycles. The second-order valence-electron chi connectivity index (χ2n) is 4.58. The normalized spacial score (nSPS) is 10.9. The van der Waals surface area contributed by atoms with E-state index in [1.54, 1.807) is 11.8 Å². The second kappa shape index (κ2) is 7.59. The van der Waals surface area contributed by atoms with E-state index in [1.807, 2.05) is 11.8 Å². The number of rotatable bonds is 7. The Labute approximate surface area is 127 Å². The fraction of sp³-hybridized carbons (Fsp3) is 0.429. The Morgan fingerprint density at radius 3 is 2.85 bits per heavy atom. The van der Waals surface area contributed by atoms with Gasteiger partial charge in [0.05, 0.1) is 5.75 Å². The molecule has 20 heavy (non-hydrogen) atoms. The molecule has 0 saturated carbocycles. The number of nitrogens with one attached hydrogen (secondary N) is 2. The van der Waals surface area contributed by atoms with Gasteiger partial charge in [0.1, 0.15) is 5.82 Å². The van der Waals surface area contributed by atoms with Gasteiger partial charge >= 0.3 is 5.69 Å². The van der Waals surface area contributed by atoms with Gasteiger partial charge in [0.15, 0.2) is 0 Å². The van der Waals surface area contributed by atoms with Crippen LogP contribution in [-0.4, -0.2) is 26.7 Å². The molecule has 0 amide bonds. The van der Waals surface area contributed by atoms with Crippen molar-refractivity contribution in [1.29, 1.82) is 0 Å². The zero-order valence-corrected chi connectivity index (χ0v) is 13.4. The molecule has 0 radical (unpaired) electrons. The summed E-state index contributed by atoms with van der Waals surface area (Å²) in [4.78, 5) is 14.9. The van der Waals surface area contributed by atoms with Crippen LogP contribution in [0, 0.1) is 13.8 Å². The minimum absolute atomic E-state index is 0.230. The van der Waals surface area contributed by atoms with Gasteiger partial charge in [-0.15, -0.1) is 11.8 Å². The maximum absolute atomic E-state index is 10.9. The molecule has 2 aromatic rings. The van der Waals surface area contributed by atoms with E-state index in [0.717, 1.165) is 29.5 Å². The van der Waals surface area contributed by atoms with Crippen molar-refractivity contribution in [1.82, 2.24) is 15.2 Å². The van der Waals surface area contributed by atoms with Crippen molar-refractivity contribution in [2.45, 2.75) is 30.9 Å². The predicted molar refractivity (Wildman–Crippen MR) is 86.6 cm³/mol. The molecule has 0 atom stereocenters. The molecule has 0 fully saturated rings. The molecule has 1 aromatic heterocycles. The largest absolute Gasteiger partial charge is 0.340 e. The van der Waals surface area contributed by atoms with Gasteiger partial charge in [0, 0.05) is 4.90 Å². The number of aromatic amines is 2. The summed E-state index contributed by atoms with van der Waals surface area (Å²) >= 11 is 3.71. The molecule has 1 heterocycles. The van der Waals surface area contributed by atoms with Crippen molar-refractivity contribution in [3.8, 4) is 0 Å². The molecule has 0 saturated heterocycles. The fourth-order valence-electron chi connectivity index (χ4n) is 1.77. The average molecular weight is 309 g/mol. The van der Waals surface area contributed by atoms with E-state index in [4.69, 9.17) is 0 Å². The molecule has 0 spiro atoms. The van der Waals surface area contributed by atoms with E-state index in [1.165, 1.54) is 16.0 Å². The maximum Gasteiger partial charge on any atom is 0.340 e. The lowest BCUT2D eigenvalue weighted by Crippen LogP contribution is -2.00. The monoisotopic (exact) mass is 309 g/mol. The Morgan fingerprint density at radius 1 is 1.25 bits per heavy atom. The minimum atomic E-state index is -0.230. The molecule has 108 valence electrons. The van der Waals surface area contributed by atoms with E-state index in [-0.39, 0.29) is 5.69 Å². The molecule has 2 N–H and O–H groups in total. The molecular weight excluding hydrogens is 290 g/mol. The molecule has 1 aromatic carbocycles. The first kappa shape index (κ1) is 15.3. The molecule has 0 unspecified atom stereocenters. The number of hydrogen-bond acceptors (Lipinski definition) is 4. The molecule has 6 heteroatoms. The predicted octanol–water partition coefficient (Wildman–Crippen LogP) is 3.13. The highest BCUT2D eigenvalue weighted by Gasteiger charge is 2.02. The molecular formula is C14H19N3OS2. The average Bonchev–Trinajstić information content (AvgIpc) is 2.84. The van der Waals surface area contributed by atoms with Crippen molar-refractivity contribution in [2.24, 2.45) is 0 Å². The topological polar surface area (TPSA) is 61.5 Å². The first-order valence-electron chi connectivity index (χ1n) is 6.57. The molecule has 4 nitrogen and oxygen atoms in total. The summed E-state index contributed by atoms with van der Waals surface area (Å²) < 4.78 is 0. The van der Waals surface area contributed by atoms with Crippen molar-refractivity contribution in [3.05, 3.63) is 45.6 Å². The van der Waals surface area contributed by atoms with Crippen LogP contribution < -0.4 is 5.69 Å². The van der Waals surface area contributed by atoms with Crippen LogP contribution in [0.5, 0.6) is 0 Å². The number of H-pyrrole nitrogens is 2. The Bertz CT molecular complexity index is 606. The highest BCUT2D eigenvalue weighted by molar-refractivity contribution is 7.99. The van der Waals surface area contributed by atoms with Gasteiger partial charge in [-0.3, -0.25) is 4.98 Å². The first-order valence-corrected chi connectivity index (χ1v) is 8.71. The second-order valence-corrected chi connectivity index (χ2v) is 6.82. The van der Waals surface area contributed by atoms with Gasteiger partial charge in [-0.25, -0.2) is 9.89 Å². The van der Waals surface area contributed by atoms with Crippen LogP contribution in [-0.2, 0) is 5.75 Å². The summed E-state index contributed by atoms with van der Waals surface area (Å²) in [5.41, 5.74) is 2.51. The third kappa shape index (κ3) is 4.45. The zero-order valence-electron chi connectivity index (χ0n) is 11.7. The van der Waals surface area contributed by atoms with Crippen LogP contribution in [0.1, 0.15) is 23.4 Å². The SMILES string of the molecule is Cc1cccc(SCCCSCc2n[nH]c(=O)[nH]2)c1C. The number of aryl methyl sites for hydroxylation is 1. The molecule has 2 rings (SSSR count). The van der Waals surface area contributed by atoms with E-state index < -0.39 is 0 Å². The maximum atomic E-state index is 10.9. The van der Waals surface area contributed by atoms with Gasteiger partial charge in [-0.2, -0.15) is 16.9 Å². The third-order valence-corrected chi connectivity index (χ3v) is 5.34. The number of aromatic nitrogens is 3. The number of thioether (sulfide) groups is 2. The summed E-state index contributed by atoms with van der Waals surface area (Å²) in [6.07, 6.45) is 1.15. The standard InChI is InChI=1S/C14H19N3OS2/c1-10-5-3-6-12(11(10)2)20-8-4-7-19-9-13-15-14(18)17-16-13/h3,5-6H,4,7-9H2,1-2H3,(H2,15,16,17,18).